The maximum atomic E-state index is 5.22. The molecular weight excluding hydrogens is 683 g/mol. The lowest BCUT2D eigenvalue weighted by molar-refractivity contribution is 0.919. The van der Waals surface area contributed by atoms with Gasteiger partial charge in [0.25, 0.3) is 0 Å². The van der Waals surface area contributed by atoms with Crippen LogP contribution < -0.4 is 4.90 Å². The van der Waals surface area contributed by atoms with Gasteiger partial charge >= 0.3 is 0 Å². The van der Waals surface area contributed by atoms with Crippen molar-refractivity contribution in [2.24, 2.45) is 0 Å². The van der Waals surface area contributed by atoms with Crippen LogP contribution in [0.3, 0.4) is 0 Å². The van der Waals surface area contributed by atoms with Gasteiger partial charge in [-0.1, -0.05) is 132 Å². The number of benzene rings is 6. The molecule has 2 aromatic heterocycles. The normalized spacial score (nSPS) is 11.2. The van der Waals surface area contributed by atoms with E-state index in [1.807, 2.05) is 30.3 Å². The number of aryl methyl sites for hydroxylation is 6. The first-order valence-corrected chi connectivity index (χ1v) is 19.2. The average Bonchev–Trinajstić information content (AvgIpc) is 3.21. The first-order valence-electron chi connectivity index (χ1n) is 19.2. The fourth-order valence-electron chi connectivity index (χ4n) is 8.26. The Morgan fingerprint density at radius 1 is 0.464 bits per heavy atom. The van der Waals surface area contributed by atoms with Gasteiger partial charge in [0.1, 0.15) is 18.0 Å². The monoisotopic (exact) mass is 727 g/mol. The summed E-state index contributed by atoms with van der Waals surface area (Å²) in [6, 6.07) is 51.3. The summed E-state index contributed by atoms with van der Waals surface area (Å²) >= 11 is 0. The highest BCUT2D eigenvalue weighted by molar-refractivity contribution is 5.78. The zero-order chi connectivity index (χ0) is 38.8. The summed E-state index contributed by atoms with van der Waals surface area (Å²) in [6.07, 6.45) is 3.36. The molecule has 2 heterocycles. The summed E-state index contributed by atoms with van der Waals surface area (Å²) in [6.45, 7) is 13.4. The van der Waals surface area contributed by atoms with Gasteiger partial charge in [-0.05, 0) is 110 Å². The molecule has 0 saturated carbocycles. The van der Waals surface area contributed by atoms with Crippen LogP contribution in [0.2, 0.25) is 0 Å². The standard InChI is InChI=1S/C51H45N5/c1-33-27-35(3)48(36(4)28-33)50(49-37(5)29-34(2)30-38(49)6)42-21-23-44(24-22-42)56(46-25-26-52-32-53-46)47-31-45(54-51(55-47)43-15-11-8-12-16-43)41-19-17-40(18-20-41)39-13-9-7-10-14-39/h7-32,50H,1-6H3. The maximum Gasteiger partial charge on any atom is 0.162 e. The summed E-state index contributed by atoms with van der Waals surface area (Å²) < 4.78 is 0. The van der Waals surface area contributed by atoms with Gasteiger partial charge in [-0.3, -0.25) is 4.90 Å². The lowest BCUT2D eigenvalue weighted by atomic mass is 9.77. The van der Waals surface area contributed by atoms with Crippen molar-refractivity contribution in [3.8, 4) is 33.8 Å². The zero-order valence-corrected chi connectivity index (χ0v) is 32.8. The number of anilines is 3. The Hall–Kier alpha value is -6.72. The molecule has 6 aromatic carbocycles. The lowest BCUT2D eigenvalue weighted by Crippen LogP contribution is -2.15. The van der Waals surface area contributed by atoms with Crippen LogP contribution in [0.15, 0.2) is 158 Å². The van der Waals surface area contributed by atoms with Crippen LogP contribution in [-0.2, 0) is 0 Å². The maximum absolute atomic E-state index is 5.22. The van der Waals surface area contributed by atoms with Crippen LogP contribution in [0, 0.1) is 41.5 Å². The van der Waals surface area contributed by atoms with Gasteiger partial charge < -0.3 is 0 Å². The van der Waals surface area contributed by atoms with Crippen molar-refractivity contribution < 1.29 is 0 Å². The third-order valence-electron chi connectivity index (χ3n) is 10.6. The molecule has 0 radical (unpaired) electrons. The van der Waals surface area contributed by atoms with E-state index in [0.717, 1.165) is 28.1 Å². The Labute approximate surface area is 330 Å². The van der Waals surface area contributed by atoms with Gasteiger partial charge in [0.15, 0.2) is 5.82 Å². The van der Waals surface area contributed by atoms with Crippen LogP contribution in [-0.4, -0.2) is 19.9 Å². The second-order valence-electron chi connectivity index (χ2n) is 14.8. The van der Waals surface area contributed by atoms with E-state index in [1.54, 1.807) is 12.5 Å². The Kier molecular flexibility index (Phi) is 10.1. The van der Waals surface area contributed by atoms with Crippen LogP contribution in [0.25, 0.3) is 33.8 Å². The first kappa shape index (κ1) is 36.3. The van der Waals surface area contributed by atoms with Crippen LogP contribution in [0.1, 0.15) is 56.0 Å². The van der Waals surface area contributed by atoms with Crippen molar-refractivity contribution >= 4 is 17.3 Å². The average molecular weight is 728 g/mol. The molecule has 0 aliphatic rings. The summed E-state index contributed by atoms with van der Waals surface area (Å²) in [5, 5.41) is 0. The molecule has 0 fully saturated rings. The molecule has 274 valence electrons. The molecule has 5 heteroatoms. The molecule has 0 bridgehead atoms. The molecule has 8 aromatic rings. The zero-order valence-electron chi connectivity index (χ0n) is 32.8. The highest BCUT2D eigenvalue weighted by atomic mass is 15.3. The molecular formula is C51H45N5. The molecule has 0 atom stereocenters. The van der Waals surface area contributed by atoms with Crippen LogP contribution >= 0.6 is 0 Å². The number of nitrogens with zero attached hydrogens (tertiary/aromatic N) is 5. The first-order chi connectivity index (χ1) is 27.2. The Morgan fingerprint density at radius 3 is 1.52 bits per heavy atom. The fraction of sp³-hybridized carbons (Fsp3) is 0.137. The number of rotatable bonds is 9. The summed E-state index contributed by atoms with van der Waals surface area (Å²) in [5.74, 6) is 2.12. The summed E-state index contributed by atoms with van der Waals surface area (Å²) in [5.41, 5.74) is 17.7. The number of hydrogen-bond donors (Lipinski definition) is 0. The fourth-order valence-corrected chi connectivity index (χ4v) is 8.26. The van der Waals surface area contributed by atoms with Crippen molar-refractivity contribution in [3.05, 3.63) is 208 Å². The van der Waals surface area contributed by atoms with Crippen molar-refractivity contribution in [2.45, 2.75) is 47.5 Å². The molecule has 0 N–H and O–H groups in total. The van der Waals surface area contributed by atoms with Gasteiger partial charge in [-0.25, -0.2) is 19.9 Å². The molecule has 0 saturated heterocycles. The summed E-state index contributed by atoms with van der Waals surface area (Å²) in [7, 11) is 0. The highest BCUT2D eigenvalue weighted by Gasteiger charge is 2.26. The van der Waals surface area contributed by atoms with E-state index in [9.17, 15) is 0 Å². The van der Waals surface area contributed by atoms with Crippen molar-refractivity contribution in [2.75, 3.05) is 4.90 Å². The molecule has 0 aliphatic carbocycles. The number of hydrogen-bond acceptors (Lipinski definition) is 5. The molecule has 0 spiro atoms. The Morgan fingerprint density at radius 2 is 0.982 bits per heavy atom. The minimum Gasteiger partial charge on any atom is -0.279 e. The van der Waals surface area contributed by atoms with Crippen molar-refractivity contribution in [3.63, 3.8) is 0 Å². The second kappa shape index (κ2) is 15.6. The topological polar surface area (TPSA) is 54.8 Å². The Bertz CT molecular complexity index is 2520. The third kappa shape index (κ3) is 7.36. The van der Waals surface area contributed by atoms with E-state index in [-0.39, 0.29) is 5.92 Å². The van der Waals surface area contributed by atoms with E-state index in [1.165, 1.54) is 55.6 Å². The van der Waals surface area contributed by atoms with Gasteiger partial charge in [-0.2, -0.15) is 0 Å². The molecule has 5 nitrogen and oxygen atoms in total. The van der Waals surface area contributed by atoms with Crippen LogP contribution in [0.5, 0.6) is 0 Å². The molecule has 0 unspecified atom stereocenters. The van der Waals surface area contributed by atoms with Gasteiger partial charge in [0.2, 0.25) is 0 Å². The highest BCUT2D eigenvalue weighted by Crippen LogP contribution is 2.42. The minimum atomic E-state index is 0.0620. The largest absolute Gasteiger partial charge is 0.279 e. The van der Waals surface area contributed by atoms with Gasteiger partial charge in [-0.15, -0.1) is 0 Å². The Balaban J connectivity index is 1.28. The SMILES string of the molecule is Cc1cc(C)c(C(c2ccc(N(c3ccncn3)c3cc(-c4ccc(-c5ccccc5)cc4)nc(-c4ccccc4)n3)cc2)c2c(C)cc(C)cc2C)c(C)c1. The van der Waals surface area contributed by atoms with E-state index >= 15 is 0 Å². The van der Waals surface area contributed by atoms with E-state index in [0.29, 0.717) is 17.5 Å². The van der Waals surface area contributed by atoms with Crippen molar-refractivity contribution in [1.29, 1.82) is 0 Å². The van der Waals surface area contributed by atoms with E-state index in [4.69, 9.17) is 15.0 Å². The smallest absolute Gasteiger partial charge is 0.162 e. The molecule has 56 heavy (non-hydrogen) atoms. The number of aromatic nitrogens is 4. The predicted octanol–water partition coefficient (Wildman–Crippen LogP) is 12.8. The lowest BCUT2D eigenvalue weighted by Gasteiger charge is -2.28. The van der Waals surface area contributed by atoms with Crippen LogP contribution in [0.4, 0.5) is 17.3 Å². The quantitative estimate of drug-likeness (QED) is 0.139. The van der Waals surface area contributed by atoms with Gasteiger partial charge in [0, 0.05) is 35.0 Å². The van der Waals surface area contributed by atoms with E-state index < -0.39 is 0 Å². The molecule has 8 rings (SSSR count). The second-order valence-corrected chi connectivity index (χ2v) is 14.8. The molecule has 0 amide bonds. The predicted molar refractivity (Wildman–Crippen MR) is 231 cm³/mol. The third-order valence-corrected chi connectivity index (χ3v) is 10.6. The van der Waals surface area contributed by atoms with E-state index in [2.05, 4.69) is 167 Å². The minimum absolute atomic E-state index is 0.0620. The van der Waals surface area contributed by atoms with Gasteiger partial charge in [0.05, 0.1) is 5.69 Å². The summed E-state index contributed by atoms with van der Waals surface area (Å²) in [4.78, 5) is 21.5. The molecule has 0 aliphatic heterocycles. The van der Waals surface area contributed by atoms with Crippen molar-refractivity contribution in [1.82, 2.24) is 19.9 Å².